The molecular weight excluding hydrogens is 534 g/mol. The van der Waals surface area contributed by atoms with Crippen molar-refractivity contribution in [3.63, 3.8) is 0 Å². The maximum Gasteiger partial charge on any atom is 0.239 e. The van der Waals surface area contributed by atoms with Gasteiger partial charge in [0.05, 0.1) is 32.8 Å². The van der Waals surface area contributed by atoms with Crippen LogP contribution in [0.15, 0.2) is 54.6 Å². The number of benzene rings is 2. The van der Waals surface area contributed by atoms with Crippen LogP contribution in [0, 0.1) is 12.8 Å². The Morgan fingerprint density at radius 3 is 2.10 bits per heavy atom. The van der Waals surface area contributed by atoms with Crippen molar-refractivity contribution >= 4 is 23.5 Å². The number of nitrogens with one attached hydrogen (secondary N) is 3. The molecule has 2 aromatic carbocycles. The summed E-state index contributed by atoms with van der Waals surface area (Å²) in [5.41, 5.74) is 1.31. The second-order valence-corrected chi connectivity index (χ2v) is 10.5. The summed E-state index contributed by atoms with van der Waals surface area (Å²) in [5, 5.41) is 7.85. The van der Waals surface area contributed by atoms with Crippen LogP contribution in [-0.2, 0) is 30.3 Å². The molecule has 4 rings (SSSR count). The molecule has 2 atom stereocenters. The van der Waals surface area contributed by atoms with Gasteiger partial charge >= 0.3 is 0 Å². The fourth-order valence-electron chi connectivity index (χ4n) is 4.52. The van der Waals surface area contributed by atoms with Crippen LogP contribution in [0.1, 0.15) is 68.3 Å². The molecule has 2 fully saturated rings. The number of ether oxygens (including phenoxy) is 2. The highest BCUT2D eigenvalue weighted by molar-refractivity contribution is 5.97. The summed E-state index contributed by atoms with van der Waals surface area (Å²) in [5.74, 6) is -0.310. The van der Waals surface area contributed by atoms with Gasteiger partial charge in [0.1, 0.15) is 11.4 Å². The molecule has 1 saturated heterocycles. The fraction of sp³-hybridized carbons (Fsp3) is 0.515. The first kappa shape index (κ1) is 34.5. The molecule has 0 radical (unpaired) electrons. The van der Waals surface area contributed by atoms with E-state index in [1.807, 2.05) is 68.4 Å². The van der Waals surface area contributed by atoms with Crippen LogP contribution in [0.2, 0.25) is 0 Å². The van der Waals surface area contributed by atoms with Gasteiger partial charge in [-0.3, -0.25) is 19.2 Å². The number of amides is 3. The molecule has 3 amide bonds. The fourth-order valence-corrected chi connectivity index (χ4v) is 4.52. The van der Waals surface area contributed by atoms with Crippen LogP contribution in [0.25, 0.3) is 0 Å². The summed E-state index contributed by atoms with van der Waals surface area (Å²) < 4.78 is 10.2. The van der Waals surface area contributed by atoms with E-state index in [1.165, 1.54) is 5.56 Å². The van der Waals surface area contributed by atoms with E-state index in [1.54, 1.807) is 14.0 Å². The molecule has 42 heavy (non-hydrogen) atoms. The lowest BCUT2D eigenvalue weighted by Gasteiger charge is -2.21. The van der Waals surface area contributed by atoms with Gasteiger partial charge in [-0.2, -0.15) is 0 Å². The third kappa shape index (κ3) is 12.0. The van der Waals surface area contributed by atoms with Gasteiger partial charge < -0.3 is 25.4 Å². The monoisotopic (exact) mass is 587 g/mol. The Morgan fingerprint density at radius 2 is 1.52 bits per heavy atom. The third-order valence-electron chi connectivity index (χ3n) is 7.13. The second kappa shape index (κ2) is 18.0. The average molecular weight is 588 g/mol. The Kier molecular flexibility index (Phi) is 14.7. The molecule has 1 heterocycles. The number of ketones is 1. The number of rotatable bonds is 11. The highest BCUT2D eigenvalue weighted by atomic mass is 16.6. The van der Waals surface area contributed by atoms with E-state index in [0.29, 0.717) is 13.0 Å². The van der Waals surface area contributed by atoms with Gasteiger partial charge in [-0.1, -0.05) is 81.1 Å². The highest BCUT2D eigenvalue weighted by Gasteiger charge is 2.50. The largest absolute Gasteiger partial charge is 0.497 e. The first-order chi connectivity index (χ1) is 20.2. The quantitative estimate of drug-likeness (QED) is 0.329. The lowest BCUT2D eigenvalue weighted by Crippen LogP contribution is -2.50. The van der Waals surface area contributed by atoms with E-state index in [-0.39, 0.29) is 35.0 Å². The van der Waals surface area contributed by atoms with Crippen molar-refractivity contribution < 1.29 is 32.9 Å². The van der Waals surface area contributed by atoms with Crippen molar-refractivity contribution in [2.45, 2.75) is 77.9 Å². The maximum absolute atomic E-state index is 12.8. The van der Waals surface area contributed by atoms with Gasteiger partial charge in [0, 0.05) is 10.2 Å². The third-order valence-corrected chi connectivity index (χ3v) is 7.13. The molecule has 3 N–H and O–H groups in total. The zero-order valence-electron chi connectivity index (χ0n) is 25.7. The molecule has 0 spiro atoms. The molecule has 1 aliphatic carbocycles. The number of carbonyl (C=O) groups is 4. The molecular formula is C33H53N3O6. The Bertz CT molecular complexity index is 1140. The van der Waals surface area contributed by atoms with Crippen molar-refractivity contribution in [2.24, 2.45) is 5.92 Å². The lowest BCUT2D eigenvalue weighted by atomic mass is 9.89. The van der Waals surface area contributed by atoms with Gasteiger partial charge in [0.25, 0.3) is 0 Å². The Hall–Kier alpha value is -3.72. The molecule has 9 nitrogen and oxygen atoms in total. The number of hydrogen-bond donors (Lipinski definition) is 3. The zero-order valence-corrected chi connectivity index (χ0v) is 25.7. The van der Waals surface area contributed by atoms with Crippen LogP contribution < -0.4 is 20.7 Å². The minimum Gasteiger partial charge on any atom is -0.497 e. The molecule has 2 aromatic rings. The molecule has 2 aliphatic rings. The van der Waals surface area contributed by atoms with E-state index in [0.717, 1.165) is 43.4 Å². The molecule has 236 valence electrons. The first-order valence-corrected chi connectivity index (χ1v) is 14.9. The van der Waals surface area contributed by atoms with Gasteiger partial charge in [-0.25, -0.2) is 0 Å². The van der Waals surface area contributed by atoms with Gasteiger partial charge in [0.2, 0.25) is 17.7 Å². The minimum atomic E-state index is -0.862. The van der Waals surface area contributed by atoms with E-state index in [9.17, 15) is 19.2 Å². The smallest absolute Gasteiger partial charge is 0.239 e. The van der Waals surface area contributed by atoms with Crippen molar-refractivity contribution in [1.29, 1.82) is 0 Å². The minimum absolute atomic E-state index is 0. The summed E-state index contributed by atoms with van der Waals surface area (Å²) in [4.78, 5) is 49.3. The number of epoxide rings is 1. The van der Waals surface area contributed by atoms with E-state index < -0.39 is 23.5 Å². The summed E-state index contributed by atoms with van der Waals surface area (Å²) in [6.07, 6.45) is 5.29. The predicted octanol–water partition coefficient (Wildman–Crippen LogP) is 4.65. The van der Waals surface area contributed by atoms with Gasteiger partial charge in [-0.05, 0) is 50.8 Å². The van der Waals surface area contributed by atoms with Crippen molar-refractivity contribution in [2.75, 3.05) is 26.8 Å². The van der Waals surface area contributed by atoms with Gasteiger partial charge in [-0.15, -0.1) is 0 Å². The highest BCUT2D eigenvalue weighted by Crippen LogP contribution is 2.29. The average Bonchev–Trinajstić information content (AvgIpc) is 3.79. The zero-order chi connectivity index (χ0) is 31.0. The summed E-state index contributed by atoms with van der Waals surface area (Å²) >= 11 is 0. The Balaban J connectivity index is 0. The van der Waals surface area contributed by atoms with E-state index >= 15 is 0 Å². The normalized spacial score (nSPS) is 18.0. The second-order valence-electron chi connectivity index (χ2n) is 10.5. The van der Waals surface area contributed by atoms with Crippen molar-refractivity contribution in [3.05, 3.63) is 65.7 Å². The van der Waals surface area contributed by atoms with Crippen LogP contribution >= 0.6 is 0 Å². The first-order valence-electron chi connectivity index (χ1n) is 14.9. The number of Topliss-reactive ketones (excluding diaryl/α,β-unsaturated/α-hetero) is 1. The van der Waals surface area contributed by atoms with Crippen LogP contribution in [0.3, 0.4) is 0 Å². The maximum atomic E-state index is 12.8. The number of carbonyl (C=O) groups excluding carboxylic acids is 4. The molecule has 0 bridgehead atoms. The van der Waals surface area contributed by atoms with E-state index in [4.69, 9.17) is 9.47 Å². The number of methoxy groups -OCH3 is 1. The van der Waals surface area contributed by atoms with Crippen LogP contribution in [-0.4, -0.2) is 62.0 Å². The summed E-state index contributed by atoms with van der Waals surface area (Å²) in [6, 6.07) is 16.6. The topological polar surface area (TPSA) is 126 Å². The standard InChI is InChI=1S/C23H31N3O5.C8H10O.C2H6.3H2/c1-23(15-31-23)21(29)18(12-16-8-4-2-5-9-16)26-20(28)14-24-19(27)13-25-22(30)17-10-6-3-7-11-17;1-7-3-5-8(9-2)6-4-7;1-2;;;/h2,4-5,8-9,17-18H,3,6-7,10-15H2,1H3,(H,24,27)(H,25,30)(H,26,28);3-6H,1-2H3;1-2H3;3*1H/t18-,23+;;;;;/m0...../s1. The van der Waals surface area contributed by atoms with Crippen LogP contribution in [0.5, 0.6) is 5.75 Å². The summed E-state index contributed by atoms with van der Waals surface area (Å²) in [6.45, 7) is 7.66. The Morgan fingerprint density at radius 1 is 0.929 bits per heavy atom. The lowest BCUT2D eigenvalue weighted by molar-refractivity contribution is -0.131. The van der Waals surface area contributed by atoms with Crippen molar-refractivity contribution in [3.8, 4) is 5.75 Å². The Labute approximate surface area is 254 Å². The molecule has 1 aliphatic heterocycles. The SMILES string of the molecule is CC.COc1ccc(C)cc1.C[C@]1(C(=O)[C@H](Cc2ccccc2)NC(=O)CNC(=O)CNC(=O)C2CCCCC2)CO1.[HH].[HH].[HH]. The van der Waals surface area contributed by atoms with Gasteiger partial charge in [0.15, 0.2) is 5.78 Å². The predicted molar refractivity (Wildman–Crippen MR) is 169 cm³/mol. The molecule has 9 heteroatoms. The van der Waals surface area contributed by atoms with E-state index in [2.05, 4.69) is 22.9 Å². The summed E-state index contributed by atoms with van der Waals surface area (Å²) in [7, 11) is 1.67. The molecule has 0 aromatic heterocycles. The van der Waals surface area contributed by atoms with Crippen LogP contribution in [0.4, 0.5) is 0 Å². The number of hydrogen-bond acceptors (Lipinski definition) is 6. The number of aryl methyl sites for hydroxylation is 1. The molecule has 1 saturated carbocycles. The van der Waals surface area contributed by atoms with Crippen molar-refractivity contribution in [1.82, 2.24) is 16.0 Å². The molecule has 0 unspecified atom stereocenters.